The van der Waals surface area contributed by atoms with E-state index in [9.17, 15) is 6.21 Å². The van der Waals surface area contributed by atoms with Crippen molar-refractivity contribution >= 4 is 29.1 Å². The molecule has 0 amide bonds. The van der Waals surface area contributed by atoms with Crippen LogP contribution >= 0.6 is 12.8 Å². The van der Waals surface area contributed by atoms with Gasteiger partial charge in [-0.15, -0.1) is 0 Å². The van der Waals surface area contributed by atoms with Gasteiger partial charge in [0.1, 0.15) is 0 Å². The van der Waals surface area contributed by atoms with Crippen LogP contribution in [0.3, 0.4) is 0 Å². The Morgan fingerprint density at radius 3 is 1.60 bits per heavy atom. The van der Waals surface area contributed by atoms with E-state index in [-0.39, 0.29) is 0 Å². The SMILES string of the molecule is O=[Te](=O)(O)Br. The summed E-state index contributed by atoms with van der Waals surface area (Å²) in [5.41, 5.74) is 0. The molecule has 0 aliphatic rings. The molecule has 0 aliphatic heterocycles. The summed E-state index contributed by atoms with van der Waals surface area (Å²) >= 11 is -2.70. The Balaban J connectivity index is 4.06. The summed E-state index contributed by atoms with van der Waals surface area (Å²) in [4.78, 5) is 0. The van der Waals surface area contributed by atoms with Gasteiger partial charge in [0.15, 0.2) is 0 Å². The molecule has 5 heteroatoms. The zero-order chi connectivity index (χ0) is 4.50. The topological polar surface area (TPSA) is 54.4 Å². The van der Waals surface area contributed by atoms with Crippen molar-refractivity contribution in [1.29, 1.82) is 0 Å². The van der Waals surface area contributed by atoms with Crippen molar-refractivity contribution in [2.75, 3.05) is 0 Å². The molecule has 1 N–H and O–H groups in total. The van der Waals surface area contributed by atoms with Gasteiger partial charge >= 0.3 is 38.8 Å². The number of halogens is 1. The number of hydrogen-bond donors (Lipinski definition) is 1. The van der Waals surface area contributed by atoms with Gasteiger partial charge in [-0.3, -0.25) is 0 Å². The minimum atomic E-state index is -4.71. The van der Waals surface area contributed by atoms with E-state index in [0.29, 0.717) is 0 Å². The second-order valence-corrected chi connectivity index (χ2v) is 8.25. The fourth-order valence-corrected chi connectivity index (χ4v) is 0. The fraction of sp³-hybridized carbons (Fsp3) is 0. The average molecular weight is 257 g/mol. The third-order valence-corrected chi connectivity index (χ3v) is 0. The van der Waals surface area contributed by atoms with Crippen LogP contribution in [-0.4, -0.2) is 19.8 Å². The predicted molar refractivity (Wildman–Crippen MR) is 18.3 cm³/mol. The normalized spacial score (nSPS) is 11.6. The molecular formula is HBrO3Te. The van der Waals surface area contributed by atoms with Crippen molar-refractivity contribution in [2.45, 2.75) is 0 Å². The molecule has 0 atom stereocenters. The summed E-state index contributed by atoms with van der Waals surface area (Å²) in [6.07, 6.45) is 0. The van der Waals surface area contributed by atoms with E-state index in [1.807, 2.05) is 12.8 Å². The molecule has 0 aromatic carbocycles. The second-order valence-electron chi connectivity index (χ2n) is 0.412. The molecule has 3 nitrogen and oxygen atoms in total. The van der Waals surface area contributed by atoms with Crippen LogP contribution in [0.2, 0.25) is 0 Å². The quantitative estimate of drug-likeness (QED) is 0.604. The second kappa shape index (κ2) is 1.52. The maximum atomic E-state index is 9.21. The van der Waals surface area contributed by atoms with E-state index < -0.39 is 16.4 Å². The summed E-state index contributed by atoms with van der Waals surface area (Å²) in [7, 11) is 0. The predicted octanol–water partition coefficient (Wildman–Crippen LogP) is -0.330. The Hall–Kier alpha value is 0.830. The molecule has 5 heavy (non-hydrogen) atoms. The number of rotatable bonds is 0. The first-order chi connectivity index (χ1) is 2.00. The molecule has 0 aromatic heterocycles. The molecule has 0 unspecified atom stereocenters. The molecule has 0 rings (SSSR count). The fourth-order valence-electron chi connectivity index (χ4n) is 0. The third-order valence-electron chi connectivity index (χ3n) is 0. The van der Waals surface area contributed by atoms with E-state index in [4.69, 9.17) is 3.47 Å². The van der Waals surface area contributed by atoms with Crippen molar-refractivity contribution in [3.63, 3.8) is 0 Å². The van der Waals surface area contributed by atoms with Crippen molar-refractivity contribution < 1.29 is 9.68 Å². The Morgan fingerprint density at radius 2 is 1.60 bits per heavy atom. The van der Waals surface area contributed by atoms with Crippen LogP contribution in [0, 0.1) is 0 Å². The van der Waals surface area contributed by atoms with Crippen LogP contribution in [0.1, 0.15) is 0 Å². The van der Waals surface area contributed by atoms with Crippen LogP contribution in [0.4, 0.5) is 0 Å². The van der Waals surface area contributed by atoms with Gasteiger partial charge in [-0.2, -0.15) is 0 Å². The molecule has 0 aliphatic carbocycles. The molecule has 0 saturated carbocycles. The molecule has 0 spiro atoms. The summed E-state index contributed by atoms with van der Waals surface area (Å²) in [6.45, 7) is 0. The summed E-state index contributed by atoms with van der Waals surface area (Å²) in [5.74, 6) is 0. The third kappa shape index (κ3) is 56.2. The molecule has 0 bridgehead atoms. The monoisotopic (exact) mass is 258 g/mol. The maximum absolute atomic E-state index is 9.21. The van der Waals surface area contributed by atoms with Crippen LogP contribution < -0.4 is 0 Å². The van der Waals surface area contributed by atoms with Crippen molar-refractivity contribution in [3.05, 3.63) is 0 Å². The Kier molecular flexibility index (Phi) is 1.77. The van der Waals surface area contributed by atoms with E-state index >= 15 is 0 Å². The van der Waals surface area contributed by atoms with Gasteiger partial charge in [-0.1, -0.05) is 0 Å². The summed E-state index contributed by atoms with van der Waals surface area (Å²) in [5, 5.41) is 0. The summed E-state index contributed by atoms with van der Waals surface area (Å²) in [6, 6.07) is 0. The summed E-state index contributed by atoms with van der Waals surface area (Å²) < 4.78 is 25.9. The van der Waals surface area contributed by atoms with Crippen molar-refractivity contribution in [3.8, 4) is 0 Å². The average Bonchev–Trinajstić information content (AvgIpc) is 0.722. The van der Waals surface area contributed by atoms with Crippen LogP contribution in [-0.2, 0) is 6.21 Å². The van der Waals surface area contributed by atoms with Gasteiger partial charge in [0.2, 0.25) is 0 Å². The first-order valence-corrected chi connectivity index (χ1v) is 8.84. The van der Waals surface area contributed by atoms with Crippen LogP contribution in [0.15, 0.2) is 0 Å². The molecule has 0 aromatic rings. The van der Waals surface area contributed by atoms with E-state index in [1.165, 1.54) is 0 Å². The molecule has 0 fully saturated rings. The van der Waals surface area contributed by atoms with Crippen molar-refractivity contribution in [1.82, 2.24) is 0 Å². The van der Waals surface area contributed by atoms with Crippen molar-refractivity contribution in [2.24, 2.45) is 0 Å². The van der Waals surface area contributed by atoms with Gasteiger partial charge in [0, 0.05) is 0 Å². The standard InChI is InChI=1S/BrHO3Te/c1-5(2,3)4/h(H,2,3,4). The van der Waals surface area contributed by atoms with Crippen LogP contribution in [0.25, 0.3) is 0 Å². The Morgan fingerprint density at radius 1 is 1.60 bits per heavy atom. The van der Waals surface area contributed by atoms with E-state index in [2.05, 4.69) is 0 Å². The zero-order valence-electron chi connectivity index (χ0n) is 2.05. The Labute approximate surface area is 38.9 Å². The minimum absolute atomic E-state index is 2.01. The van der Waals surface area contributed by atoms with Gasteiger partial charge in [0.25, 0.3) is 0 Å². The number of hydrogen-bond acceptors (Lipinski definition) is 2. The molecule has 32 valence electrons. The molecular weight excluding hydrogens is 256 g/mol. The molecule has 0 radical (unpaired) electrons. The van der Waals surface area contributed by atoms with Gasteiger partial charge < -0.3 is 0 Å². The van der Waals surface area contributed by atoms with E-state index in [1.54, 1.807) is 0 Å². The first kappa shape index (κ1) is 5.83. The molecule has 0 saturated heterocycles. The van der Waals surface area contributed by atoms with E-state index in [0.717, 1.165) is 0 Å². The van der Waals surface area contributed by atoms with Crippen LogP contribution in [0.5, 0.6) is 0 Å². The first-order valence-electron chi connectivity index (χ1n) is 0.670. The zero-order valence-corrected chi connectivity index (χ0v) is 5.97. The Bertz CT molecular complexity index is 90.1. The van der Waals surface area contributed by atoms with Gasteiger partial charge in [-0.05, 0) is 0 Å². The van der Waals surface area contributed by atoms with Gasteiger partial charge in [-0.25, -0.2) is 0 Å². The molecule has 0 heterocycles. The van der Waals surface area contributed by atoms with Gasteiger partial charge in [0.05, 0.1) is 0 Å².